The van der Waals surface area contributed by atoms with E-state index in [4.69, 9.17) is 15.5 Å². The first-order valence-corrected chi connectivity index (χ1v) is 4.71. The molecule has 0 spiro atoms. The van der Waals surface area contributed by atoms with Crippen LogP contribution in [0.4, 0.5) is 4.39 Å². The summed E-state index contributed by atoms with van der Waals surface area (Å²) in [5.41, 5.74) is -0.00872. The number of hydrogen-bond acceptors (Lipinski definition) is 4. The SMILES string of the molecule is N#CC(O)C(O)c1ccc(CC(=O)O)c(F)c1. The molecule has 1 aromatic carbocycles. The molecule has 0 aliphatic heterocycles. The van der Waals surface area contributed by atoms with Gasteiger partial charge in [-0.05, 0) is 17.2 Å². The average Bonchev–Trinajstić information content (AvgIpc) is 2.29. The van der Waals surface area contributed by atoms with Crippen molar-refractivity contribution in [2.75, 3.05) is 0 Å². The molecule has 0 aliphatic carbocycles. The zero-order chi connectivity index (χ0) is 13.0. The monoisotopic (exact) mass is 239 g/mol. The van der Waals surface area contributed by atoms with Gasteiger partial charge in [0.2, 0.25) is 0 Å². The van der Waals surface area contributed by atoms with Crippen molar-refractivity contribution in [1.82, 2.24) is 0 Å². The molecule has 90 valence electrons. The summed E-state index contributed by atoms with van der Waals surface area (Å²) in [5, 5.41) is 35.4. The summed E-state index contributed by atoms with van der Waals surface area (Å²) in [6.45, 7) is 0. The minimum atomic E-state index is -1.65. The van der Waals surface area contributed by atoms with Crippen LogP contribution >= 0.6 is 0 Å². The van der Waals surface area contributed by atoms with E-state index in [1.54, 1.807) is 0 Å². The van der Waals surface area contributed by atoms with Crippen LogP contribution < -0.4 is 0 Å². The summed E-state index contributed by atoms with van der Waals surface area (Å²) in [7, 11) is 0. The van der Waals surface area contributed by atoms with Gasteiger partial charge in [0.15, 0.2) is 6.10 Å². The third kappa shape index (κ3) is 3.24. The van der Waals surface area contributed by atoms with E-state index in [2.05, 4.69) is 0 Å². The number of carboxylic acids is 1. The Kier molecular flexibility index (Phi) is 4.15. The van der Waals surface area contributed by atoms with Crippen molar-refractivity contribution in [3.8, 4) is 6.07 Å². The number of nitrogens with zero attached hydrogens (tertiary/aromatic N) is 1. The first kappa shape index (κ1) is 13.1. The van der Waals surface area contributed by atoms with Crippen LogP contribution in [0.2, 0.25) is 0 Å². The van der Waals surface area contributed by atoms with Crippen LogP contribution in [0.25, 0.3) is 0 Å². The fourth-order valence-corrected chi connectivity index (χ4v) is 1.31. The molecule has 1 aromatic rings. The Labute approximate surface area is 96.4 Å². The van der Waals surface area contributed by atoms with Crippen LogP contribution in [-0.2, 0) is 11.2 Å². The Morgan fingerprint density at radius 2 is 2.12 bits per heavy atom. The fraction of sp³-hybridized carbons (Fsp3) is 0.273. The Balaban J connectivity index is 2.97. The van der Waals surface area contributed by atoms with Gasteiger partial charge in [-0.25, -0.2) is 4.39 Å². The quantitative estimate of drug-likeness (QED) is 0.659. The lowest BCUT2D eigenvalue weighted by molar-refractivity contribution is -0.136. The number of benzene rings is 1. The minimum Gasteiger partial charge on any atom is -0.481 e. The number of carbonyl (C=O) groups is 1. The van der Waals surface area contributed by atoms with Crippen molar-refractivity contribution < 1.29 is 24.5 Å². The predicted octanol–water partition coefficient (Wildman–Crippen LogP) is 0.371. The first-order valence-electron chi connectivity index (χ1n) is 4.71. The lowest BCUT2D eigenvalue weighted by Gasteiger charge is -2.12. The van der Waals surface area contributed by atoms with Gasteiger partial charge in [-0.1, -0.05) is 12.1 Å². The minimum absolute atomic E-state index is 0.0192. The molecule has 5 nitrogen and oxygen atoms in total. The second-order valence-electron chi connectivity index (χ2n) is 3.44. The second-order valence-corrected chi connectivity index (χ2v) is 3.44. The van der Waals surface area contributed by atoms with Gasteiger partial charge in [-0.2, -0.15) is 5.26 Å². The van der Waals surface area contributed by atoms with Gasteiger partial charge in [-0.15, -0.1) is 0 Å². The number of hydrogen-bond donors (Lipinski definition) is 3. The standard InChI is InChI=1S/C11H10FNO4/c12-8-3-7(11(17)9(14)5-13)2-1-6(8)4-10(15)16/h1-3,9,11,14,17H,4H2,(H,15,16). The van der Waals surface area contributed by atoms with Crippen LogP contribution in [0.5, 0.6) is 0 Å². The molecule has 0 heterocycles. The van der Waals surface area contributed by atoms with E-state index < -0.39 is 30.4 Å². The van der Waals surface area contributed by atoms with Gasteiger partial charge in [0.25, 0.3) is 0 Å². The highest BCUT2D eigenvalue weighted by Crippen LogP contribution is 2.20. The Morgan fingerprint density at radius 1 is 1.47 bits per heavy atom. The third-order valence-electron chi connectivity index (χ3n) is 2.19. The highest BCUT2D eigenvalue weighted by Gasteiger charge is 2.19. The van der Waals surface area contributed by atoms with Gasteiger partial charge in [0.05, 0.1) is 12.5 Å². The molecular weight excluding hydrogens is 229 g/mol. The van der Waals surface area contributed by atoms with E-state index in [0.29, 0.717) is 0 Å². The number of carboxylic acid groups (broad SMARTS) is 1. The van der Waals surface area contributed by atoms with E-state index in [0.717, 1.165) is 6.07 Å². The van der Waals surface area contributed by atoms with E-state index >= 15 is 0 Å². The molecule has 1 rings (SSSR count). The Bertz CT molecular complexity index is 469. The first-order chi connectivity index (χ1) is 7.95. The molecule has 0 saturated heterocycles. The largest absolute Gasteiger partial charge is 0.481 e. The van der Waals surface area contributed by atoms with Gasteiger partial charge in [-0.3, -0.25) is 4.79 Å². The highest BCUT2D eigenvalue weighted by atomic mass is 19.1. The van der Waals surface area contributed by atoms with Gasteiger partial charge in [0.1, 0.15) is 11.9 Å². The summed E-state index contributed by atoms with van der Waals surface area (Å²) in [5.74, 6) is -1.97. The molecule has 2 atom stereocenters. The number of nitriles is 1. The van der Waals surface area contributed by atoms with Crippen LogP contribution in [0.1, 0.15) is 17.2 Å². The fourth-order valence-electron chi connectivity index (χ4n) is 1.31. The number of aliphatic hydroxyl groups excluding tert-OH is 2. The zero-order valence-electron chi connectivity index (χ0n) is 8.67. The molecule has 0 fully saturated rings. The average molecular weight is 239 g/mol. The van der Waals surface area contributed by atoms with E-state index in [1.807, 2.05) is 0 Å². The normalized spacial score (nSPS) is 13.8. The Morgan fingerprint density at radius 3 is 2.59 bits per heavy atom. The van der Waals surface area contributed by atoms with Gasteiger partial charge in [0, 0.05) is 0 Å². The summed E-state index contributed by atoms with van der Waals surface area (Å²) >= 11 is 0. The molecule has 0 bridgehead atoms. The van der Waals surface area contributed by atoms with Crippen LogP contribution in [0, 0.1) is 17.1 Å². The van der Waals surface area contributed by atoms with E-state index in [1.165, 1.54) is 18.2 Å². The zero-order valence-corrected chi connectivity index (χ0v) is 8.67. The lowest BCUT2D eigenvalue weighted by atomic mass is 10.0. The van der Waals surface area contributed by atoms with Gasteiger partial charge < -0.3 is 15.3 Å². The molecule has 0 amide bonds. The molecule has 0 radical (unpaired) electrons. The molecule has 0 saturated carbocycles. The van der Waals surface area contributed by atoms with Crippen molar-refractivity contribution in [3.63, 3.8) is 0 Å². The summed E-state index contributed by atoms with van der Waals surface area (Å²) < 4.78 is 13.4. The molecule has 2 unspecified atom stereocenters. The predicted molar refractivity (Wildman–Crippen MR) is 54.3 cm³/mol. The van der Waals surface area contributed by atoms with Crippen molar-refractivity contribution >= 4 is 5.97 Å². The van der Waals surface area contributed by atoms with Gasteiger partial charge >= 0.3 is 5.97 Å². The maximum atomic E-state index is 13.4. The van der Waals surface area contributed by atoms with Crippen molar-refractivity contribution in [3.05, 3.63) is 35.1 Å². The molecule has 0 aromatic heterocycles. The van der Waals surface area contributed by atoms with Crippen molar-refractivity contribution in [2.45, 2.75) is 18.6 Å². The van der Waals surface area contributed by atoms with E-state index in [-0.39, 0.29) is 11.1 Å². The molecule has 6 heteroatoms. The molecular formula is C11H10FNO4. The summed E-state index contributed by atoms with van der Waals surface area (Å²) in [6, 6.07) is 4.80. The molecule has 3 N–H and O–H groups in total. The van der Waals surface area contributed by atoms with Crippen LogP contribution in [-0.4, -0.2) is 27.4 Å². The number of aliphatic hydroxyl groups is 2. The van der Waals surface area contributed by atoms with Crippen LogP contribution in [0.3, 0.4) is 0 Å². The molecule has 0 aliphatic rings. The number of aliphatic carboxylic acids is 1. The third-order valence-corrected chi connectivity index (χ3v) is 2.19. The van der Waals surface area contributed by atoms with Crippen LogP contribution in [0.15, 0.2) is 18.2 Å². The maximum absolute atomic E-state index is 13.4. The lowest BCUT2D eigenvalue weighted by Crippen LogP contribution is -2.16. The summed E-state index contributed by atoms with van der Waals surface area (Å²) in [4.78, 5) is 10.4. The smallest absolute Gasteiger partial charge is 0.307 e. The number of halogens is 1. The maximum Gasteiger partial charge on any atom is 0.307 e. The van der Waals surface area contributed by atoms with Crippen molar-refractivity contribution in [1.29, 1.82) is 5.26 Å². The Hall–Kier alpha value is -1.97. The van der Waals surface area contributed by atoms with Crippen molar-refractivity contribution in [2.24, 2.45) is 0 Å². The highest BCUT2D eigenvalue weighted by molar-refractivity contribution is 5.70. The second kappa shape index (κ2) is 5.39. The van der Waals surface area contributed by atoms with E-state index in [9.17, 15) is 14.3 Å². The molecule has 17 heavy (non-hydrogen) atoms. The number of rotatable bonds is 4. The summed E-state index contributed by atoms with van der Waals surface area (Å²) in [6.07, 6.45) is -3.64. The topological polar surface area (TPSA) is 102 Å².